The van der Waals surface area contributed by atoms with Crippen molar-refractivity contribution in [1.29, 1.82) is 0 Å². The summed E-state index contributed by atoms with van der Waals surface area (Å²) < 4.78 is 23.9. The van der Waals surface area contributed by atoms with Crippen molar-refractivity contribution in [3.63, 3.8) is 0 Å². The van der Waals surface area contributed by atoms with E-state index in [0.717, 1.165) is 11.3 Å². The molecule has 0 fully saturated rings. The molecule has 132 valence electrons. The summed E-state index contributed by atoms with van der Waals surface area (Å²) in [6.45, 7) is 0. The van der Waals surface area contributed by atoms with Gasteiger partial charge in [0.05, 0.1) is 31.6 Å². The van der Waals surface area contributed by atoms with Crippen LogP contribution in [0.15, 0.2) is 60.9 Å². The van der Waals surface area contributed by atoms with E-state index >= 15 is 0 Å². The standard InChI is InChI=1S/C19H16FN3O3/c1-25-15-8-6-13(7-9-15)10-18(24)23-14-11-21-19(22-12-14)26-17-5-3-2-4-16(17)20/h2-9,11-12H,10H2,1H3,(H,23,24). The van der Waals surface area contributed by atoms with E-state index < -0.39 is 5.82 Å². The number of ether oxygens (including phenoxy) is 2. The molecular weight excluding hydrogens is 337 g/mol. The van der Waals surface area contributed by atoms with Crippen LogP contribution in [0.5, 0.6) is 17.5 Å². The quantitative estimate of drug-likeness (QED) is 0.733. The Morgan fingerprint density at radius 1 is 1.08 bits per heavy atom. The normalized spacial score (nSPS) is 10.2. The summed E-state index contributed by atoms with van der Waals surface area (Å²) >= 11 is 0. The van der Waals surface area contributed by atoms with Gasteiger partial charge in [-0.1, -0.05) is 24.3 Å². The van der Waals surface area contributed by atoms with Crippen LogP contribution < -0.4 is 14.8 Å². The molecule has 1 amide bonds. The number of para-hydroxylation sites is 1. The number of rotatable bonds is 6. The maximum absolute atomic E-state index is 13.5. The number of hydrogen-bond donors (Lipinski definition) is 1. The Labute approximate surface area is 149 Å². The Morgan fingerprint density at radius 2 is 1.77 bits per heavy atom. The zero-order chi connectivity index (χ0) is 18.4. The molecule has 0 atom stereocenters. The van der Waals surface area contributed by atoms with E-state index in [0.29, 0.717) is 5.69 Å². The highest BCUT2D eigenvalue weighted by atomic mass is 19.1. The number of nitrogens with one attached hydrogen (secondary N) is 1. The number of aromatic nitrogens is 2. The molecule has 0 spiro atoms. The molecule has 0 saturated carbocycles. The van der Waals surface area contributed by atoms with Crippen molar-refractivity contribution in [2.75, 3.05) is 12.4 Å². The lowest BCUT2D eigenvalue weighted by Gasteiger charge is -2.07. The molecule has 0 bridgehead atoms. The van der Waals surface area contributed by atoms with Crippen LogP contribution >= 0.6 is 0 Å². The van der Waals surface area contributed by atoms with Crippen molar-refractivity contribution in [2.45, 2.75) is 6.42 Å². The van der Waals surface area contributed by atoms with Gasteiger partial charge in [0.2, 0.25) is 5.91 Å². The highest BCUT2D eigenvalue weighted by Gasteiger charge is 2.08. The number of anilines is 1. The SMILES string of the molecule is COc1ccc(CC(=O)Nc2cnc(Oc3ccccc3F)nc2)cc1. The van der Waals surface area contributed by atoms with Crippen LogP contribution in [0, 0.1) is 5.82 Å². The van der Waals surface area contributed by atoms with Crippen molar-refractivity contribution in [1.82, 2.24) is 9.97 Å². The summed E-state index contributed by atoms with van der Waals surface area (Å²) in [5.41, 5.74) is 1.27. The molecule has 6 nitrogen and oxygen atoms in total. The zero-order valence-electron chi connectivity index (χ0n) is 14.0. The third kappa shape index (κ3) is 4.54. The van der Waals surface area contributed by atoms with Crippen molar-refractivity contribution >= 4 is 11.6 Å². The topological polar surface area (TPSA) is 73.3 Å². The minimum absolute atomic E-state index is 0.0109. The Morgan fingerprint density at radius 3 is 2.42 bits per heavy atom. The van der Waals surface area contributed by atoms with Crippen molar-refractivity contribution in [3.8, 4) is 17.5 Å². The van der Waals surface area contributed by atoms with Gasteiger partial charge in [0.1, 0.15) is 5.75 Å². The molecule has 7 heteroatoms. The second-order valence-corrected chi connectivity index (χ2v) is 5.36. The van der Waals surface area contributed by atoms with Gasteiger partial charge in [-0.3, -0.25) is 4.79 Å². The van der Waals surface area contributed by atoms with Crippen LogP contribution in [0.2, 0.25) is 0 Å². The minimum Gasteiger partial charge on any atom is -0.497 e. The van der Waals surface area contributed by atoms with Crippen LogP contribution in [0.25, 0.3) is 0 Å². The average molecular weight is 353 g/mol. The van der Waals surface area contributed by atoms with Gasteiger partial charge in [0, 0.05) is 0 Å². The molecule has 1 aromatic heterocycles. The smallest absolute Gasteiger partial charge is 0.322 e. The fourth-order valence-corrected chi connectivity index (χ4v) is 2.19. The molecule has 1 heterocycles. The average Bonchev–Trinajstić information content (AvgIpc) is 2.66. The molecular formula is C19H16FN3O3. The lowest BCUT2D eigenvalue weighted by atomic mass is 10.1. The molecule has 3 aromatic rings. The predicted molar refractivity (Wildman–Crippen MR) is 93.8 cm³/mol. The second-order valence-electron chi connectivity index (χ2n) is 5.36. The molecule has 0 aliphatic heterocycles. The number of methoxy groups -OCH3 is 1. The molecule has 0 radical (unpaired) electrons. The van der Waals surface area contributed by atoms with E-state index in [4.69, 9.17) is 9.47 Å². The maximum Gasteiger partial charge on any atom is 0.322 e. The van der Waals surface area contributed by atoms with Crippen LogP contribution in [-0.2, 0) is 11.2 Å². The van der Waals surface area contributed by atoms with Gasteiger partial charge in [-0.15, -0.1) is 0 Å². The first-order valence-corrected chi connectivity index (χ1v) is 7.81. The van der Waals surface area contributed by atoms with Crippen LogP contribution in [0.1, 0.15) is 5.56 Å². The number of nitrogens with zero attached hydrogens (tertiary/aromatic N) is 2. The van der Waals surface area contributed by atoms with Gasteiger partial charge >= 0.3 is 6.01 Å². The fraction of sp³-hybridized carbons (Fsp3) is 0.105. The largest absolute Gasteiger partial charge is 0.497 e. The molecule has 0 aliphatic carbocycles. The van der Waals surface area contributed by atoms with E-state index in [1.165, 1.54) is 24.5 Å². The summed E-state index contributed by atoms with van der Waals surface area (Å²) in [6.07, 6.45) is 3.00. The molecule has 1 N–H and O–H groups in total. The minimum atomic E-state index is -0.507. The van der Waals surface area contributed by atoms with Gasteiger partial charge < -0.3 is 14.8 Å². The van der Waals surface area contributed by atoms with Crippen molar-refractivity contribution in [3.05, 3.63) is 72.3 Å². The predicted octanol–water partition coefficient (Wildman–Crippen LogP) is 3.60. The summed E-state index contributed by atoms with van der Waals surface area (Å²) in [5, 5.41) is 2.70. The molecule has 0 aliphatic rings. The van der Waals surface area contributed by atoms with E-state index in [9.17, 15) is 9.18 Å². The number of amides is 1. The van der Waals surface area contributed by atoms with Gasteiger partial charge in [0.15, 0.2) is 11.6 Å². The summed E-state index contributed by atoms with van der Waals surface area (Å²) in [7, 11) is 1.58. The zero-order valence-corrected chi connectivity index (χ0v) is 14.0. The first kappa shape index (κ1) is 17.3. The third-order valence-corrected chi connectivity index (χ3v) is 3.47. The van der Waals surface area contributed by atoms with Gasteiger partial charge in [0.25, 0.3) is 0 Å². The highest BCUT2D eigenvalue weighted by molar-refractivity contribution is 5.91. The Kier molecular flexibility index (Phi) is 5.38. The molecule has 2 aromatic carbocycles. The van der Waals surface area contributed by atoms with E-state index in [1.807, 2.05) is 12.1 Å². The van der Waals surface area contributed by atoms with Crippen LogP contribution in [0.3, 0.4) is 0 Å². The maximum atomic E-state index is 13.5. The van der Waals surface area contributed by atoms with Crippen molar-refractivity contribution in [2.24, 2.45) is 0 Å². The van der Waals surface area contributed by atoms with E-state index in [1.54, 1.807) is 31.4 Å². The number of carbonyl (C=O) groups is 1. The first-order valence-electron chi connectivity index (χ1n) is 7.81. The third-order valence-electron chi connectivity index (χ3n) is 3.47. The van der Waals surface area contributed by atoms with E-state index in [-0.39, 0.29) is 24.1 Å². The first-order chi connectivity index (χ1) is 12.6. The number of hydrogen-bond acceptors (Lipinski definition) is 5. The monoisotopic (exact) mass is 353 g/mol. The molecule has 3 rings (SSSR count). The summed E-state index contributed by atoms with van der Waals surface area (Å²) in [5.74, 6) is 0.0475. The van der Waals surface area contributed by atoms with Crippen LogP contribution in [-0.4, -0.2) is 23.0 Å². The van der Waals surface area contributed by atoms with E-state index in [2.05, 4.69) is 15.3 Å². The summed E-state index contributed by atoms with van der Waals surface area (Å²) in [6, 6.07) is 13.2. The lowest BCUT2D eigenvalue weighted by Crippen LogP contribution is -2.14. The molecule has 26 heavy (non-hydrogen) atoms. The van der Waals surface area contributed by atoms with Gasteiger partial charge in [-0.2, -0.15) is 0 Å². The number of halogens is 1. The Bertz CT molecular complexity index is 883. The van der Waals surface area contributed by atoms with Gasteiger partial charge in [-0.25, -0.2) is 14.4 Å². The highest BCUT2D eigenvalue weighted by Crippen LogP contribution is 2.21. The summed E-state index contributed by atoms with van der Waals surface area (Å²) in [4.78, 5) is 20.0. The van der Waals surface area contributed by atoms with Crippen LogP contribution in [0.4, 0.5) is 10.1 Å². The Hall–Kier alpha value is -3.48. The number of benzene rings is 2. The Balaban J connectivity index is 1.58. The van der Waals surface area contributed by atoms with Gasteiger partial charge in [-0.05, 0) is 29.8 Å². The van der Waals surface area contributed by atoms with Crippen molar-refractivity contribution < 1.29 is 18.7 Å². The fourth-order valence-electron chi connectivity index (χ4n) is 2.19. The molecule has 0 unspecified atom stereocenters. The lowest BCUT2D eigenvalue weighted by molar-refractivity contribution is -0.115. The molecule has 0 saturated heterocycles. The second kappa shape index (κ2) is 8.06. The number of carbonyl (C=O) groups excluding carboxylic acids is 1.